The highest BCUT2D eigenvalue weighted by atomic mass is 16.5. The molecule has 0 aliphatic carbocycles. The second kappa shape index (κ2) is 9.25. The summed E-state index contributed by atoms with van der Waals surface area (Å²) in [6, 6.07) is 6.61. The summed E-state index contributed by atoms with van der Waals surface area (Å²) in [5.74, 6) is 1.99. The van der Waals surface area contributed by atoms with Gasteiger partial charge in [-0.05, 0) is 57.1 Å². The Kier molecular flexibility index (Phi) is 7.34. The lowest BCUT2D eigenvalue weighted by molar-refractivity contribution is 0.0460. The fourth-order valence-corrected chi connectivity index (χ4v) is 3.39. The molecule has 1 fully saturated rings. The van der Waals surface area contributed by atoms with Gasteiger partial charge in [-0.15, -0.1) is 0 Å². The van der Waals surface area contributed by atoms with Gasteiger partial charge < -0.3 is 19.5 Å². The van der Waals surface area contributed by atoms with Crippen LogP contribution in [-0.4, -0.2) is 68.5 Å². The lowest BCUT2D eigenvalue weighted by Gasteiger charge is -2.41. The van der Waals surface area contributed by atoms with Gasteiger partial charge in [0.2, 0.25) is 0 Å². The SMILES string of the molecule is CCCOc1ccc(CN2CC[C@H](CO)[C@H](N(C)C)C2)cc1OC. The van der Waals surface area contributed by atoms with E-state index in [1.54, 1.807) is 7.11 Å². The fourth-order valence-electron chi connectivity index (χ4n) is 3.39. The van der Waals surface area contributed by atoms with E-state index in [1.807, 2.05) is 6.07 Å². The summed E-state index contributed by atoms with van der Waals surface area (Å²) in [5, 5.41) is 9.58. The first kappa shape index (κ1) is 19.0. The molecular weight excluding hydrogens is 304 g/mol. The molecule has 1 aliphatic rings. The number of hydrogen-bond donors (Lipinski definition) is 1. The molecule has 5 heteroatoms. The summed E-state index contributed by atoms with van der Waals surface area (Å²) in [5.41, 5.74) is 1.23. The van der Waals surface area contributed by atoms with E-state index in [9.17, 15) is 5.11 Å². The Bertz CT molecular complexity index is 507. The molecule has 0 radical (unpaired) electrons. The maximum Gasteiger partial charge on any atom is 0.161 e. The Balaban J connectivity index is 2.02. The largest absolute Gasteiger partial charge is 0.493 e. The van der Waals surface area contributed by atoms with Gasteiger partial charge in [0.15, 0.2) is 11.5 Å². The van der Waals surface area contributed by atoms with Crippen molar-refractivity contribution in [1.29, 1.82) is 0 Å². The van der Waals surface area contributed by atoms with Crippen LogP contribution in [0.5, 0.6) is 11.5 Å². The molecule has 0 unspecified atom stereocenters. The predicted molar refractivity (Wildman–Crippen MR) is 96.7 cm³/mol. The van der Waals surface area contributed by atoms with Gasteiger partial charge in [-0.3, -0.25) is 4.90 Å². The highest BCUT2D eigenvalue weighted by Crippen LogP contribution is 2.29. The van der Waals surface area contributed by atoms with Crippen LogP contribution in [-0.2, 0) is 6.54 Å². The normalized spacial score (nSPS) is 21.9. The number of likely N-dealkylation sites (N-methyl/N-ethyl adjacent to an activating group) is 1. The monoisotopic (exact) mass is 336 g/mol. The molecule has 0 amide bonds. The van der Waals surface area contributed by atoms with Crippen LogP contribution in [0.4, 0.5) is 0 Å². The van der Waals surface area contributed by atoms with Gasteiger partial charge in [0.05, 0.1) is 13.7 Å². The fraction of sp³-hybridized carbons (Fsp3) is 0.684. The summed E-state index contributed by atoms with van der Waals surface area (Å²) in [4.78, 5) is 4.69. The van der Waals surface area contributed by atoms with Gasteiger partial charge >= 0.3 is 0 Å². The molecule has 1 saturated heterocycles. The highest BCUT2D eigenvalue weighted by Gasteiger charge is 2.30. The van der Waals surface area contributed by atoms with E-state index in [1.165, 1.54) is 5.56 Å². The molecule has 136 valence electrons. The minimum atomic E-state index is 0.272. The summed E-state index contributed by atoms with van der Waals surface area (Å²) >= 11 is 0. The van der Waals surface area contributed by atoms with Gasteiger partial charge in [-0.2, -0.15) is 0 Å². The van der Waals surface area contributed by atoms with Crippen molar-refractivity contribution in [2.45, 2.75) is 32.4 Å². The lowest BCUT2D eigenvalue weighted by atomic mass is 9.91. The van der Waals surface area contributed by atoms with Crippen LogP contribution >= 0.6 is 0 Å². The van der Waals surface area contributed by atoms with Crippen LogP contribution < -0.4 is 9.47 Å². The third kappa shape index (κ3) is 4.85. The maximum atomic E-state index is 9.58. The average Bonchev–Trinajstić information content (AvgIpc) is 2.60. The van der Waals surface area contributed by atoms with E-state index in [0.717, 1.165) is 44.0 Å². The first-order valence-electron chi connectivity index (χ1n) is 8.88. The summed E-state index contributed by atoms with van der Waals surface area (Å²) in [6.07, 6.45) is 2.02. The molecule has 1 aliphatic heterocycles. The van der Waals surface area contributed by atoms with E-state index in [-0.39, 0.29) is 6.61 Å². The summed E-state index contributed by atoms with van der Waals surface area (Å²) in [6.45, 7) is 5.97. The van der Waals surface area contributed by atoms with Gasteiger partial charge in [0.1, 0.15) is 0 Å². The molecule has 1 aromatic carbocycles. The van der Waals surface area contributed by atoms with Crippen molar-refractivity contribution < 1.29 is 14.6 Å². The number of ether oxygens (including phenoxy) is 2. The molecule has 1 aromatic rings. The molecule has 1 heterocycles. The van der Waals surface area contributed by atoms with Crippen molar-refractivity contribution in [2.75, 3.05) is 47.5 Å². The van der Waals surface area contributed by atoms with E-state index >= 15 is 0 Å². The second-order valence-electron chi connectivity index (χ2n) is 6.83. The first-order valence-corrected chi connectivity index (χ1v) is 8.88. The number of aliphatic hydroxyl groups is 1. The predicted octanol–water partition coefficient (Wildman–Crippen LogP) is 2.23. The first-order chi connectivity index (χ1) is 11.6. The maximum absolute atomic E-state index is 9.58. The molecule has 0 saturated carbocycles. The molecule has 0 aromatic heterocycles. The zero-order chi connectivity index (χ0) is 17.5. The van der Waals surface area contributed by atoms with Crippen molar-refractivity contribution in [3.05, 3.63) is 23.8 Å². The van der Waals surface area contributed by atoms with Gasteiger partial charge in [-0.1, -0.05) is 13.0 Å². The minimum absolute atomic E-state index is 0.272. The standard InChI is InChI=1S/C19H32N2O3/c1-5-10-24-18-7-6-15(11-19(18)23-4)12-21-9-8-16(14-22)17(13-21)20(2)3/h6-7,11,16-17,22H,5,8-10,12-14H2,1-4H3/t16-,17-/m1/s1. The summed E-state index contributed by atoms with van der Waals surface area (Å²) < 4.78 is 11.2. The van der Waals surface area contributed by atoms with Crippen LogP contribution in [0.2, 0.25) is 0 Å². The number of methoxy groups -OCH3 is 1. The minimum Gasteiger partial charge on any atom is -0.493 e. The molecular formula is C19H32N2O3. The van der Waals surface area contributed by atoms with Crippen molar-refractivity contribution in [2.24, 2.45) is 5.92 Å². The van der Waals surface area contributed by atoms with Crippen molar-refractivity contribution in [1.82, 2.24) is 9.80 Å². The Morgan fingerprint density at radius 3 is 2.71 bits per heavy atom. The summed E-state index contributed by atoms with van der Waals surface area (Å²) in [7, 11) is 5.88. The third-order valence-electron chi connectivity index (χ3n) is 4.80. The number of nitrogens with zero attached hydrogens (tertiary/aromatic N) is 2. The molecule has 0 bridgehead atoms. The molecule has 24 heavy (non-hydrogen) atoms. The number of aliphatic hydroxyl groups excluding tert-OH is 1. The highest BCUT2D eigenvalue weighted by molar-refractivity contribution is 5.43. The van der Waals surface area contributed by atoms with E-state index in [2.05, 4.69) is 43.0 Å². The molecule has 5 nitrogen and oxygen atoms in total. The Hall–Kier alpha value is -1.30. The van der Waals surface area contributed by atoms with Crippen molar-refractivity contribution in [3.8, 4) is 11.5 Å². The Labute approximate surface area is 146 Å². The van der Waals surface area contributed by atoms with Crippen molar-refractivity contribution >= 4 is 0 Å². The van der Waals surface area contributed by atoms with Crippen molar-refractivity contribution in [3.63, 3.8) is 0 Å². The quantitative estimate of drug-likeness (QED) is 0.789. The van der Waals surface area contributed by atoms with E-state index in [4.69, 9.17) is 9.47 Å². The van der Waals surface area contributed by atoms with Crippen LogP contribution in [0.15, 0.2) is 18.2 Å². The van der Waals surface area contributed by atoms with E-state index < -0.39 is 0 Å². The topological polar surface area (TPSA) is 45.2 Å². The molecule has 2 rings (SSSR count). The van der Waals surface area contributed by atoms with Crippen LogP contribution in [0.1, 0.15) is 25.3 Å². The average molecular weight is 336 g/mol. The zero-order valence-corrected chi connectivity index (χ0v) is 15.5. The smallest absolute Gasteiger partial charge is 0.161 e. The van der Waals surface area contributed by atoms with Crippen LogP contribution in [0.3, 0.4) is 0 Å². The van der Waals surface area contributed by atoms with E-state index in [0.29, 0.717) is 18.6 Å². The van der Waals surface area contributed by atoms with Crippen LogP contribution in [0.25, 0.3) is 0 Å². The van der Waals surface area contributed by atoms with Gasteiger partial charge in [-0.25, -0.2) is 0 Å². The number of rotatable bonds is 8. The number of likely N-dealkylation sites (tertiary alicyclic amines) is 1. The lowest BCUT2D eigenvalue weighted by Crippen LogP contribution is -2.51. The van der Waals surface area contributed by atoms with Gasteiger partial charge in [0, 0.05) is 25.7 Å². The number of benzene rings is 1. The van der Waals surface area contributed by atoms with Gasteiger partial charge in [0.25, 0.3) is 0 Å². The number of piperidine rings is 1. The number of hydrogen-bond acceptors (Lipinski definition) is 5. The molecule has 0 spiro atoms. The second-order valence-corrected chi connectivity index (χ2v) is 6.83. The zero-order valence-electron chi connectivity index (χ0n) is 15.5. The Morgan fingerprint density at radius 1 is 1.29 bits per heavy atom. The van der Waals surface area contributed by atoms with Crippen LogP contribution in [0, 0.1) is 5.92 Å². The Morgan fingerprint density at radius 2 is 2.08 bits per heavy atom. The molecule has 1 N–H and O–H groups in total. The molecule has 2 atom stereocenters. The third-order valence-corrected chi connectivity index (χ3v) is 4.80.